The van der Waals surface area contributed by atoms with Crippen LogP contribution in [0, 0.1) is 0 Å². The first kappa shape index (κ1) is 15.8. The maximum Gasteiger partial charge on any atom is 0.343 e. The van der Waals surface area contributed by atoms with Crippen molar-refractivity contribution in [3.8, 4) is 5.75 Å². The van der Waals surface area contributed by atoms with E-state index >= 15 is 0 Å². The molecule has 0 aromatic heterocycles. The number of carbonyl (C=O) groups is 2. The molecule has 0 atom stereocenters. The lowest BCUT2D eigenvalue weighted by Crippen LogP contribution is -2.11. The second-order valence-corrected chi connectivity index (χ2v) is 4.77. The van der Waals surface area contributed by atoms with E-state index in [0.717, 1.165) is 12.8 Å². The molecule has 0 saturated heterocycles. The third-order valence-corrected chi connectivity index (χ3v) is 3.02. The highest BCUT2D eigenvalue weighted by molar-refractivity contribution is 5.96. The molecule has 0 amide bonds. The van der Waals surface area contributed by atoms with E-state index in [1.165, 1.54) is 6.07 Å². The number of hydrogen-bond acceptors (Lipinski definition) is 4. The fourth-order valence-corrected chi connectivity index (χ4v) is 1.82. The molecule has 114 valence electrons. The van der Waals surface area contributed by atoms with Gasteiger partial charge in [-0.3, -0.25) is 0 Å². The van der Waals surface area contributed by atoms with E-state index in [0.29, 0.717) is 23.5 Å². The van der Waals surface area contributed by atoms with E-state index < -0.39 is 11.9 Å². The number of esters is 2. The number of para-hydroxylation sites is 1. The van der Waals surface area contributed by atoms with Crippen LogP contribution in [-0.4, -0.2) is 18.5 Å². The molecule has 0 N–H and O–H groups in total. The summed E-state index contributed by atoms with van der Waals surface area (Å²) < 4.78 is 10.4. The topological polar surface area (TPSA) is 52.6 Å². The van der Waals surface area contributed by atoms with Gasteiger partial charge in [-0.25, -0.2) is 9.59 Å². The summed E-state index contributed by atoms with van der Waals surface area (Å²) >= 11 is 0. The number of unbranched alkanes of at least 4 members (excludes halogenated alkanes) is 1. The summed E-state index contributed by atoms with van der Waals surface area (Å²) in [7, 11) is 0. The molecule has 0 aliphatic rings. The summed E-state index contributed by atoms with van der Waals surface area (Å²) in [6.45, 7) is 2.40. The lowest BCUT2D eigenvalue weighted by molar-refractivity contribution is 0.0499. The third kappa shape index (κ3) is 4.45. The predicted octanol–water partition coefficient (Wildman–Crippen LogP) is 3.86. The van der Waals surface area contributed by atoms with Gasteiger partial charge in [0.1, 0.15) is 5.75 Å². The third-order valence-electron chi connectivity index (χ3n) is 3.02. The van der Waals surface area contributed by atoms with Crippen molar-refractivity contribution in [2.75, 3.05) is 6.61 Å². The van der Waals surface area contributed by atoms with Crippen molar-refractivity contribution in [1.82, 2.24) is 0 Å². The molecule has 0 aliphatic heterocycles. The quantitative estimate of drug-likeness (QED) is 0.461. The predicted molar refractivity (Wildman–Crippen MR) is 83.0 cm³/mol. The molecule has 0 saturated carbocycles. The second-order valence-electron chi connectivity index (χ2n) is 4.77. The number of benzene rings is 2. The van der Waals surface area contributed by atoms with Crippen molar-refractivity contribution >= 4 is 11.9 Å². The van der Waals surface area contributed by atoms with Gasteiger partial charge in [0.2, 0.25) is 0 Å². The van der Waals surface area contributed by atoms with Crippen molar-refractivity contribution in [3.05, 3.63) is 65.7 Å². The van der Waals surface area contributed by atoms with Crippen LogP contribution in [0.5, 0.6) is 5.75 Å². The molecule has 4 heteroatoms. The van der Waals surface area contributed by atoms with Crippen molar-refractivity contribution in [2.45, 2.75) is 19.8 Å². The molecular weight excluding hydrogens is 280 g/mol. The first-order chi connectivity index (χ1) is 10.7. The van der Waals surface area contributed by atoms with E-state index in [9.17, 15) is 9.59 Å². The maximum atomic E-state index is 12.1. The van der Waals surface area contributed by atoms with Crippen molar-refractivity contribution < 1.29 is 19.1 Å². The monoisotopic (exact) mass is 298 g/mol. The molecule has 2 rings (SSSR count). The van der Waals surface area contributed by atoms with E-state index in [1.807, 2.05) is 13.0 Å². The SMILES string of the molecule is CCCCOC(=O)c1cccc(C(=O)Oc2ccccc2)c1. The Morgan fingerprint density at radius 2 is 1.59 bits per heavy atom. The Morgan fingerprint density at radius 3 is 2.27 bits per heavy atom. The summed E-state index contributed by atoms with van der Waals surface area (Å²) in [5.74, 6) is -0.472. The number of hydrogen-bond donors (Lipinski definition) is 0. The van der Waals surface area contributed by atoms with Gasteiger partial charge in [0.25, 0.3) is 0 Å². The molecule has 0 aliphatic carbocycles. The highest BCUT2D eigenvalue weighted by Gasteiger charge is 2.13. The van der Waals surface area contributed by atoms with Crippen LogP contribution in [0.3, 0.4) is 0 Å². The molecule has 4 nitrogen and oxygen atoms in total. The number of carbonyl (C=O) groups excluding carboxylic acids is 2. The zero-order chi connectivity index (χ0) is 15.8. The van der Waals surface area contributed by atoms with Gasteiger partial charge in [0, 0.05) is 0 Å². The largest absolute Gasteiger partial charge is 0.462 e. The molecule has 0 heterocycles. The number of rotatable bonds is 6. The smallest absolute Gasteiger partial charge is 0.343 e. The average Bonchev–Trinajstić information content (AvgIpc) is 2.56. The number of ether oxygens (including phenoxy) is 2. The van der Waals surface area contributed by atoms with Crippen LogP contribution in [0.1, 0.15) is 40.5 Å². The van der Waals surface area contributed by atoms with Crippen LogP contribution >= 0.6 is 0 Å². The van der Waals surface area contributed by atoms with Crippen LogP contribution < -0.4 is 4.74 Å². The molecule has 2 aromatic carbocycles. The van der Waals surface area contributed by atoms with Gasteiger partial charge in [0.15, 0.2) is 0 Å². The molecule has 0 spiro atoms. The summed E-state index contributed by atoms with van der Waals surface area (Å²) in [5.41, 5.74) is 0.660. The first-order valence-corrected chi connectivity index (χ1v) is 7.25. The minimum Gasteiger partial charge on any atom is -0.462 e. The highest BCUT2D eigenvalue weighted by atomic mass is 16.5. The van der Waals surface area contributed by atoms with E-state index in [1.54, 1.807) is 42.5 Å². The standard InChI is InChI=1S/C18H18O4/c1-2-3-12-21-17(19)14-8-7-9-15(13-14)18(20)22-16-10-5-4-6-11-16/h4-11,13H,2-3,12H2,1H3. The van der Waals surface area contributed by atoms with Gasteiger partial charge >= 0.3 is 11.9 Å². The van der Waals surface area contributed by atoms with Crippen LogP contribution in [0.15, 0.2) is 54.6 Å². The van der Waals surface area contributed by atoms with Crippen LogP contribution in [0.4, 0.5) is 0 Å². The summed E-state index contributed by atoms with van der Waals surface area (Å²) in [5, 5.41) is 0. The molecule has 22 heavy (non-hydrogen) atoms. The summed E-state index contributed by atoms with van der Waals surface area (Å²) in [4.78, 5) is 24.0. The van der Waals surface area contributed by atoms with E-state index in [4.69, 9.17) is 9.47 Å². The Balaban J connectivity index is 2.04. The van der Waals surface area contributed by atoms with Gasteiger partial charge in [0.05, 0.1) is 17.7 Å². The average molecular weight is 298 g/mol. The Morgan fingerprint density at radius 1 is 0.909 bits per heavy atom. The highest BCUT2D eigenvalue weighted by Crippen LogP contribution is 2.13. The first-order valence-electron chi connectivity index (χ1n) is 7.25. The fourth-order valence-electron chi connectivity index (χ4n) is 1.82. The molecule has 0 unspecified atom stereocenters. The fraction of sp³-hybridized carbons (Fsp3) is 0.222. The lowest BCUT2D eigenvalue weighted by Gasteiger charge is -2.06. The normalized spacial score (nSPS) is 10.0. The summed E-state index contributed by atoms with van der Waals surface area (Å²) in [6.07, 6.45) is 1.78. The van der Waals surface area contributed by atoms with E-state index in [2.05, 4.69) is 0 Å². The zero-order valence-corrected chi connectivity index (χ0v) is 12.5. The molecule has 0 radical (unpaired) electrons. The molecular formula is C18H18O4. The van der Waals surface area contributed by atoms with Crippen LogP contribution in [-0.2, 0) is 4.74 Å². The summed E-state index contributed by atoms with van der Waals surface area (Å²) in [6, 6.07) is 15.1. The minimum absolute atomic E-state index is 0.314. The van der Waals surface area contributed by atoms with E-state index in [-0.39, 0.29) is 0 Å². The van der Waals surface area contributed by atoms with Crippen molar-refractivity contribution in [2.24, 2.45) is 0 Å². The molecule has 0 fully saturated rings. The second kappa shape index (κ2) is 7.98. The van der Waals surface area contributed by atoms with Crippen LogP contribution in [0.2, 0.25) is 0 Å². The Labute approximate surface area is 129 Å². The lowest BCUT2D eigenvalue weighted by atomic mass is 10.1. The minimum atomic E-state index is -0.505. The zero-order valence-electron chi connectivity index (χ0n) is 12.5. The Bertz CT molecular complexity index is 635. The van der Waals surface area contributed by atoms with Gasteiger partial charge in [-0.1, -0.05) is 37.6 Å². The Hall–Kier alpha value is -2.62. The van der Waals surface area contributed by atoms with Gasteiger partial charge < -0.3 is 9.47 Å². The van der Waals surface area contributed by atoms with Crippen LogP contribution in [0.25, 0.3) is 0 Å². The maximum absolute atomic E-state index is 12.1. The van der Waals surface area contributed by atoms with Crippen molar-refractivity contribution in [3.63, 3.8) is 0 Å². The van der Waals surface area contributed by atoms with Gasteiger partial charge in [-0.05, 0) is 36.8 Å². The Kier molecular flexibility index (Phi) is 5.72. The molecule has 2 aromatic rings. The van der Waals surface area contributed by atoms with Gasteiger partial charge in [-0.15, -0.1) is 0 Å². The van der Waals surface area contributed by atoms with Crippen molar-refractivity contribution in [1.29, 1.82) is 0 Å². The van der Waals surface area contributed by atoms with Gasteiger partial charge in [-0.2, -0.15) is 0 Å². The molecule has 0 bridgehead atoms.